The molecule has 3 aromatic rings. The Bertz CT molecular complexity index is 710. The summed E-state index contributed by atoms with van der Waals surface area (Å²) in [5.74, 6) is 0. The smallest absolute Gasteiger partial charge is 0.0346 e. The van der Waals surface area contributed by atoms with E-state index in [-0.39, 0.29) is 6.04 Å². The van der Waals surface area contributed by atoms with Gasteiger partial charge in [0.25, 0.3) is 0 Å². The Morgan fingerprint density at radius 3 is 2.60 bits per heavy atom. The van der Waals surface area contributed by atoms with Gasteiger partial charge in [-0.25, -0.2) is 0 Å². The number of rotatable bonds is 3. The molecule has 0 amide bonds. The zero-order valence-electron chi connectivity index (χ0n) is 11.6. The van der Waals surface area contributed by atoms with Crippen LogP contribution in [0.5, 0.6) is 0 Å². The first-order valence-electron chi connectivity index (χ1n) is 6.91. The fourth-order valence-electron chi connectivity index (χ4n) is 2.57. The monoisotopic (exact) mass is 262 g/mol. The first kappa shape index (κ1) is 12.8. The number of benzene rings is 2. The van der Waals surface area contributed by atoms with Gasteiger partial charge in [-0.2, -0.15) is 0 Å². The van der Waals surface area contributed by atoms with E-state index in [0.29, 0.717) is 0 Å². The molecule has 0 aliphatic carbocycles. The van der Waals surface area contributed by atoms with Crippen molar-refractivity contribution >= 4 is 10.8 Å². The van der Waals surface area contributed by atoms with Crippen molar-refractivity contribution in [1.29, 1.82) is 0 Å². The average Bonchev–Trinajstić information content (AvgIpc) is 2.47. The summed E-state index contributed by atoms with van der Waals surface area (Å²) in [6.07, 6.45) is 4.67. The second-order valence-electron chi connectivity index (χ2n) is 5.28. The molecule has 0 fully saturated rings. The Hall–Kier alpha value is -2.19. The minimum Gasteiger partial charge on any atom is -0.328 e. The van der Waals surface area contributed by atoms with Gasteiger partial charge in [-0.15, -0.1) is 0 Å². The number of aromatic nitrogens is 1. The lowest BCUT2D eigenvalue weighted by Gasteiger charge is -2.09. The number of hydrogen-bond acceptors (Lipinski definition) is 2. The molecule has 1 aromatic heterocycles. The van der Waals surface area contributed by atoms with Gasteiger partial charge in [-0.3, -0.25) is 4.98 Å². The molecule has 0 saturated carbocycles. The molecule has 0 spiro atoms. The van der Waals surface area contributed by atoms with E-state index in [0.717, 1.165) is 6.42 Å². The maximum absolute atomic E-state index is 5.84. The first-order valence-corrected chi connectivity index (χ1v) is 6.91. The van der Waals surface area contributed by atoms with Gasteiger partial charge in [0, 0.05) is 23.8 Å². The fraction of sp³-hybridized carbons (Fsp3) is 0.167. The van der Waals surface area contributed by atoms with Crippen molar-refractivity contribution in [2.24, 2.45) is 5.73 Å². The Morgan fingerprint density at radius 1 is 1.05 bits per heavy atom. The van der Waals surface area contributed by atoms with Crippen LogP contribution in [0, 0.1) is 0 Å². The molecule has 20 heavy (non-hydrogen) atoms. The second-order valence-corrected chi connectivity index (χ2v) is 5.28. The van der Waals surface area contributed by atoms with Crippen LogP contribution in [0.2, 0.25) is 0 Å². The molecular formula is C18H18N2. The van der Waals surface area contributed by atoms with Crippen LogP contribution >= 0.6 is 0 Å². The highest BCUT2D eigenvalue weighted by Crippen LogP contribution is 2.28. The Labute approximate surface area is 119 Å². The van der Waals surface area contributed by atoms with Crippen LogP contribution in [0.15, 0.2) is 60.9 Å². The lowest BCUT2D eigenvalue weighted by Crippen LogP contribution is -2.17. The summed E-state index contributed by atoms with van der Waals surface area (Å²) < 4.78 is 0. The van der Waals surface area contributed by atoms with Crippen LogP contribution in [0.25, 0.3) is 21.9 Å². The number of hydrogen-bond donors (Lipinski definition) is 1. The van der Waals surface area contributed by atoms with Crippen LogP contribution < -0.4 is 5.73 Å². The van der Waals surface area contributed by atoms with Crippen molar-refractivity contribution in [2.45, 2.75) is 19.4 Å². The zero-order chi connectivity index (χ0) is 13.9. The van der Waals surface area contributed by atoms with Crippen molar-refractivity contribution in [1.82, 2.24) is 4.98 Å². The third-order valence-corrected chi connectivity index (χ3v) is 3.50. The number of nitrogens with two attached hydrogens (primary N) is 1. The van der Waals surface area contributed by atoms with E-state index in [1.165, 1.54) is 27.5 Å². The summed E-state index contributed by atoms with van der Waals surface area (Å²) in [6, 6.07) is 17.3. The summed E-state index contributed by atoms with van der Waals surface area (Å²) in [5.41, 5.74) is 9.60. The maximum atomic E-state index is 5.84. The number of fused-ring (bicyclic) bond motifs is 1. The van der Waals surface area contributed by atoms with Gasteiger partial charge in [0.2, 0.25) is 0 Å². The summed E-state index contributed by atoms with van der Waals surface area (Å²) in [5, 5.41) is 2.41. The van der Waals surface area contributed by atoms with E-state index >= 15 is 0 Å². The Balaban J connectivity index is 2.03. The van der Waals surface area contributed by atoms with E-state index in [9.17, 15) is 0 Å². The zero-order valence-corrected chi connectivity index (χ0v) is 11.6. The van der Waals surface area contributed by atoms with Gasteiger partial charge in [0.1, 0.15) is 0 Å². The van der Waals surface area contributed by atoms with Gasteiger partial charge >= 0.3 is 0 Å². The second kappa shape index (κ2) is 5.43. The van der Waals surface area contributed by atoms with Crippen molar-refractivity contribution in [3.05, 3.63) is 66.5 Å². The van der Waals surface area contributed by atoms with Crippen LogP contribution in [0.4, 0.5) is 0 Å². The van der Waals surface area contributed by atoms with E-state index in [1.54, 1.807) is 0 Å². The summed E-state index contributed by atoms with van der Waals surface area (Å²) in [7, 11) is 0. The van der Waals surface area contributed by atoms with Gasteiger partial charge in [0.05, 0.1) is 0 Å². The summed E-state index contributed by atoms with van der Waals surface area (Å²) in [6.45, 7) is 2.03. The number of nitrogens with zero attached hydrogens (tertiary/aromatic N) is 1. The molecule has 2 heteroatoms. The third kappa shape index (κ3) is 2.56. The minimum absolute atomic E-state index is 0.199. The SMILES string of the molecule is CC(N)Cc1ccc(-c2cccc3cnccc23)cc1. The van der Waals surface area contributed by atoms with Gasteiger partial charge in [-0.1, -0.05) is 42.5 Å². The topological polar surface area (TPSA) is 38.9 Å². The molecule has 0 aliphatic rings. The average molecular weight is 262 g/mol. The summed E-state index contributed by atoms with van der Waals surface area (Å²) >= 11 is 0. The predicted octanol–water partition coefficient (Wildman–Crippen LogP) is 3.79. The quantitative estimate of drug-likeness (QED) is 0.780. The molecule has 0 aliphatic heterocycles. The highest BCUT2D eigenvalue weighted by atomic mass is 14.6. The molecule has 0 radical (unpaired) electrons. The highest BCUT2D eigenvalue weighted by molar-refractivity contribution is 5.96. The van der Waals surface area contributed by atoms with E-state index < -0.39 is 0 Å². The third-order valence-electron chi connectivity index (χ3n) is 3.50. The first-order chi connectivity index (χ1) is 9.74. The molecule has 1 heterocycles. The van der Waals surface area contributed by atoms with Crippen LogP contribution in [0.3, 0.4) is 0 Å². The minimum atomic E-state index is 0.199. The molecule has 1 unspecified atom stereocenters. The van der Waals surface area contributed by atoms with Crippen molar-refractivity contribution in [3.63, 3.8) is 0 Å². The van der Waals surface area contributed by atoms with Crippen molar-refractivity contribution in [2.75, 3.05) is 0 Å². The maximum Gasteiger partial charge on any atom is 0.0346 e. The van der Waals surface area contributed by atoms with Crippen LogP contribution in [-0.2, 0) is 6.42 Å². The predicted molar refractivity (Wildman–Crippen MR) is 84.5 cm³/mol. The Kier molecular flexibility index (Phi) is 3.48. The molecular weight excluding hydrogens is 244 g/mol. The van der Waals surface area contributed by atoms with Crippen LogP contribution in [-0.4, -0.2) is 11.0 Å². The van der Waals surface area contributed by atoms with Crippen LogP contribution in [0.1, 0.15) is 12.5 Å². The molecule has 3 rings (SSSR count). The van der Waals surface area contributed by atoms with Crippen molar-refractivity contribution < 1.29 is 0 Å². The molecule has 2 nitrogen and oxygen atoms in total. The molecule has 2 aromatic carbocycles. The molecule has 0 bridgehead atoms. The normalized spacial score (nSPS) is 12.5. The standard InChI is InChI=1S/C18H18N2/c1-13(19)11-14-5-7-15(8-6-14)17-4-2-3-16-12-20-10-9-18(16)17/h2-10,12-13H,11,19H2,1H3. The van der Waals surface area contributed by atoms with E-state index in [2.05, 4.69) is 53.5 Å². The van der Waals surface area contributed by atoms with E-state index in [1.807, 2.05) is 19.3 Å². The largest absolute Gasteiger partial charge is 0.328 e. The summed E-state index contributed by atoms with van der Waals surface area (Å²) in [4.78, 5) is 4.18. The van der Waals surface area contributed by atoms with Gasteiger partial charge < -0.3 is 5.73 Å². The van der Waals surface area contributed by atoms with Crippen molar-refractivity contribution in [3.8, 4) is 11.1 Å². The lowest BCUT2D eigenvalue weighted by atomic mass is 9.97. The lowest BCUT2D eigenvalue weighted by molar-refractivity contribution is 0.738. The fourth-order valence-corrected chi connectivity index (χ4v) is 2.57. The van der Waals surface area contributed by atoms with E-state index in [4.69, 9.17) is 5.73 Å². The van der Waals surface area contributed by atoms with Gasteiger partial charge in [0.15, 0.2) is 0 Å². The number of pyridine rings is 1. The molecule has 100 valence electrons. The van der Waals surface area contributed by atoms with Gasteiger partial charge in [-0.05, 0) is 41.5 Å². The molecule has 0 saturated heterocycles. The molecule has 2 N–H and O–H groups in total. The Morgan fingerprint density at radius 2 is 1.85 bits per heavy atom. The highest BCUT2D eigenvalue weighted by Gasteiger charge is 2.04. The molecule has 1 atom stereocenters.